The molecule has 1 N–H and O–H groups in total. The quantitative estimate of drug-likeness (QED) is 0.403. The van der Waals surface area contributed by atoms with Crippen molar-refractivity contribution in [1.82, 2.24) is 5.32 Å². The van der Waals surface area contributed by atoms with Gasteiger partial charge in [-0.1, -0.05) is 31.6 Å². The van der Waals surface area contributed by atoms with Crippen molar-refractivity contribution in [3.63, 3.8) is 0 Å². The van der Waals surface area contributed by atoms with E-state index < -0.39 is 29.5 Å². The van der Waals surface area contributed by atoms with Gasteiger partial charge in [0.2, 0.25) is 0 Å². The number of piperidine rings is 1. The number of rotatable bonds is 6. The third-order valence-electron chi connectivity index (χ3n) is 7.14. The molecule has 4 nitrogen and oxygen atoms in total. The van der Waals surface area contributed by atoms with Crippen molar-refractivity contribution in [3.8, 4) is 0 Å². The number of carbonyl (C=O) groups is 1. The predicted molar refractivity (Wildman–Crippen MR) is 119 cm³/mol. The lowest BCUT2D eigenvalue weighted by molar-refractivity contribution is -0.156. The first-order valence-electron chi connectivity index (χ1n) is 11.9. The summed E-state index contributed by atoms with van der Waals surface area (Å²) in [5.74, 6) is -0.834. The largest absolute Gasteiger partial charge is 0.463 e. The molecule has 0 saturated carbocycles. The minimum Gasteiger partial charge on any atom is -0.463 e. The lowest BCUT2D eigenvalue weighted by Gasteiger charge is -2.54. The lowest BCUT2D eigenvalue weighted by atomic mass is 9.67. The molecule has 4 rings (SSSR count). The summed E-state index contributed by atoms with van der Waals surface area (Å²) in [4.78, 5) is 12.0. The number of hydrogen-bond donors (Lipinski definition) is 1. The Bertz CT molecular complexity index is 973. The normalized spacial score (nSPS) is 31.1. The van der Waals surface area contributed by atoms with E-state index in [1.165, 1.54) is 24.3 Å². The highest BCUT2D eigenvalue weighted by Crippen LogP contribution is 2.50. The number of fused-ring (bicyclic) bond motifs is 3. The maximum Gasteiger partial charge on any atom is 0.416 e. The van der Waals surface area contributed by atoms with Crippen molar-refractivity contribution in [2.75, 3.05) is 6.61 Å². The Labute approximate surface area is 197 Å². The van der Waals surface area contributed by atoms with Crippen LogP contribution >= 0.6 is 0 Å². The Morgan fingerprint density at radius 3 is 2.79 bits per heavy atom. The highest BCUT2D eigenvalue weighted by Gasteiger charge is 2.52. The molecule has 1 aliphatic carbocycles. The number of carbonyl (C=O) groups excluding carboxylic acids is 1. The fourth-order valence-corrected chi connectivity index (χ4v) is 5.29. The maximum absolute atomic E-state index is 14.0. The predicted octanol–water partition coefficient (Wildman–Crippen LogP) is 5.94. The second-order valence-corrected chi connectivity index (χ2v) is 9.68. The van der Waals surface area contributed by atoms with Gasteiger partial charge >= 0.3 is 12.1 Å². The van der Waals surface area contributed by atoms with Gasteiger partial charge < -0.3 is 14.8 Å². The van der Waals surface area contributed by atoms with Gasteiger partial charge in [0, 0.05) is 23.9 Å². The van der Waals surface area contributed by atoms with E-state index in [0.717, 1.165) is 18.4 Å². The first kappa shape index (κ1) is 24.9. The van der Waals surface area contributed by atoms with Gasteiger partial charge in [-0.05, 0) is 62.0 Å². The van der Waals surface area contributed by atoms with E-state index in [4.69, 9.17) is 9.47 Å². The molecule has 1 aromatic carbocycles. The van der Waals surface area contributed by atoms with Gasteiger partial charge in [-0.2, -0.15) is 13.2 Å². The van der Waals surface area contributed by atoms with Crippen LogP contribution in [0, 0.1) is 11.7 Å². The molecule has 186 valence electrons. The zero-order valence-corrected chi connectivity index (χ0v) is 19.5. The van der Waals surface area contributed by atoms with Crippen LogP contribution in [0.25, 0.3) is 0 Å². The van der Waals surface area contributed by atoms with Crippen LogP contribution in [-0.2, 0) is 14.3 Å². The molecular formula is C26H31F4NO3. The van der Waals surface area contributed by atoms with Gasteiger partial charge in [-0.15, -0.1) is 0 Å². The van der Waals surface area contributed by atoms with Crippen molar-refractivity contribution in [2.45, 2.75) is 82.3 Å². The van der Waals surface area contributed by atoms with Crippen LogP contribution in [0.4, 0.5) is 17.6 Å². The Morgan fingerprint density at radius 2 is 2.09 bits per heavy atom. The third-order valence-corrected chi connectivity index (χ3v) is 7.14. The summed E-state index contributed by atoms with van der Waals surface area (Å²) in [5, 5.41) is 3.52. The Hall–Kier alpha value is -2.19. The zero-order valence-electron chi connectivity index (χ0n) is 19.5. The van der Waals surface area contributed by atoms with Crippen LogP contribution in [0.3, 0.4) is 0 Å². The Kier molecular flexibility index (Phi) is 7.20. The lowest BCUT2D eigenvalue weighted by Crippen LogP contribution is -2.61. The molecule has 1 aromatic rings. The number of hydrogen-bond acceptors (Lipinski definition) is 4. The molecule has 2 heterocycles. The molecule has 2 saturated heterocycles. The molecule has 0 spiro atoms. The smallest absolute Gasteiger partial charge is 0.416 e. The minimum atomic E-state index is -4.45. The molecule has 2 fully saturated rings. The second kappa shape index (κ2) is 9.82. The van der Waals surface area contributed by atoms with Crippen molar-refractivity contribution >= 4 is 5.97 Å². The van der Waals surface area contributed by atoms with Gasteiger partial charge in [0.15, 0.2) is 0 Å². The number of esters is 1. The van der Waals surface area contributed by atoms with E-state index in [2.05, 4.69) is 5.32 Å². The van der Waals surface area contributed by atoms with E-state index >= 15 is 0 Å². The van der Waals surface area contributed by atoms with Crippen molar-refractivity contribution < 1.29 is 31.8 Å². The van der Waals surface area contributed by atoms with E-state index in [9.17, 15) is 22.4 Å². The van der Waals surface area contributed by atoms with Gasteiger partial charge in [0.1, 0.15) is 12.4 Å². The summed E-state index contributed by atoms with van der Waals surface area (Å²) in [6.45, 7) is 3.93. The third kappa shape index (κ3) is 5.23. The maximum atomic E-state index is 14.0. The zero-order chi connectivity index (χ0) is 24.5. The molecular weight excluding hydrogens is 450 g/mol. The van der Waals surface area contributed by atoms with Crippen LogP contribution < -0.4 is 5.32 Å². The summed E-state index contributed by atoms with van der Waals surface area (Å²) >= 11 is 0. The number of unbranched alkanes of at least 4 members (excludes halogenated alkanes) is 1. The van der Waals surface area contributed by atoms with Crippen molar-refractivity contribution in [1.29, 1.82) is 0 Å². The summed E-state index contributed by atoms with van der Waals surface area (Å²) in [7, 11) is 0. The number of halogens is 4. The Morgan fingerprint density at radius 1 is 1.29 bits per heavy atom. The summed E-state index contributed by atoms with van der Waals surface area (Å²) in [5.41, 5.74) is -0.163. The van der Waals surface area contributed by atoms with E-state index in [-0.39, 0.29) is 36.8 Å². The van der Waals surface area contributed by atoms with Crippen LogP contribution in [0.5, 0.6) is 0 Å². The highest BCUT2D eigenvalue weighted by atomic mass is 19.4. The molecule has 0 bridgehead atoms. The molecule has 0 aromatic heterocycles. The van der Waals surface area contributed by atoms with Gasteiger partial charge in [-0.25, -0.2) is 4.39 Å². The topological polar surface area (TPSA) is 47.6 Å². The first-order chi connectivity index (χ1) is 16.1. The molecule has 5 atom stereocenters. The summed E-state index contributed by atoms with van der Waals surface area (Å²) in [6, 6.07) is 6.03. The van der Waals surface area contributed by atoms with Crippen LogP contribution in [0.15, 0.2) is 47.6 Å². The molecule has 3 aliphatic rings. The number of benzene rings is 1. The molecule has 0 radical (unpaired) electrons. The van der Waals surface area contributed by atoms with Crippen molar-refractivity contribution in [3.05, 3.63) is 58.9 Å². The Balaban J connectivity index is 1.61. The van der Waals surface area contributed by atoms with E-state index in [0.29, 0.717) is 24.8 Å². The molecule has 2 aliphatic heterocycles. The van der Waals surface area contributed by atoms with Gasteiger partial charge in [0.05, 0.1) is 17.8 Å². The van der Waals surface area contributed by atoms with Gasteiger partial charge in [0.25, 0.3) is 0 Å². The second-order valence-electron chi connectivity index (χ2n) is 9.68. The SMILES string of the molecule is CCCCC(=O)OC[C@H]1CC[C@@H]2[C@H](O1)C1=CC(C(F)(F)F)=CCC1(C)N[C@H]2c1cccc(F)c1. The monoisotopic (exact) mass is 481 g/mol. The molecule has 34 heavy (non-hydrogen) atoms. The van der Waals surface area contributed by atoms with Crippen LogP contribution in [-0.4, -0.2) is 36.5 Å². The molecule has 8 heteroatoms. The van der Waals surface area contributed by atoms with Crippen LogP contribution in [0.1, 0.15) is 64.0 Å². The minimum absolute atomic E-state index is 0.0792. The van der Waals surface area contributed by atoms with E-state index in [1.54, 1.807) is 6.07 Å². The molecule has 1 unspecified atom stereocenters. The average Bonchev–Trinajstić information content (AvgIpc) is 2.79. The fourth-order valence-electron chi connectivity index (χ4n) is 5.29. The van der Waals surface area contributed by atoms with Gasteiger partial charge in [-0.3, -0.25) is 4.79 Å². The number of alkyl halides is 3. The number of nitrogens with one attached hydrogen (secondary N) is 1. The molecule has 0 amide bonds. The standard InChI is InChI=1S/C26H31F4NO3/c1-3-4-8-22(32)33-15-19-9-10-20-23(16-6-5-7-18(27)13-16)31-25(2)12-11-17(26(28,29)30)14-21(25)24(20)34-19/h5-7,11,13-14,19-20,23-24,31H,3-4,8-10,12,15H2,1-2H3/t19-,20+,23+,24+,25?/m1/s1. The van der Waals surface area contributed by atoms with E-state index in [1.807, 2.05) is 19.9 Å². The summed E-state index contributed by atoms with van der Waals surface area (Å²) in [6.07, 6.45) is 0.306. The first-order valence-corrected chi connectivity index (χ1v) is 11.9. The van der Waals surface area contributed by atoms with Crippen LogP contribution in [0.2, 0.25) is 0 Å². The number of allylic oxidation sites excluding steroid dienone is 2. The average molecular weight is 482 g/mol. The summed E-state index contributed by atoms with van der Waals surface area (Å²) < 4.78 is 66.4. The number of ether oxygens (including phenoxy) is 2. The fraction of sp³-hybridized carbons (Fsp3) is 0.577. The van der Waals surface area contributed by atoms with Crippen molar-refractivity contribution in [2.24, 2.45) is 5.92 Å². The highest BCUT2D eigenvalue weighted by molar-refractivity contribution is 5.69.